The Bertz CT molecular complexity index is 1000. The highest BCUT2D eigenvalue weighted by Gasteiger charge is 2.14. The molecule has 30 heavy (non-hydrogen) atoms. The molecule has 1 N–H and O–H groups in total. The van der Waals surface area contributed by atoms with E-state index in [1.165, 1.54) is 6.92 Å². The molecule has 1 heterocycles. The van der Waals surface area contributed by atoms with Gasteiger partial charge in [-0.1, -0.05) is 17.3 Å². The van der Waals surface area contributed by atoms with Gasteiger partial charge in [0.25, 0.3) is 5.91 Å². The second-order valence-electron chi connectivity index (χ2n) is 6.36. The maximum Gasteiger partial charge on any atom is 0.347 e. The van der Waals surface area contributed by atoms with Gasteiger partial charge >= 0.3 is 5.97 Å². The van der Waals surface area contributed by atoms with Crippen LogP contribution in [0, 0.1) is 0 Å². The zero-order valence-corrected chi connectivity index (χ0v) is 16.5. The van der Waals surface area contributed by atoms with Crippen LogP contribution in [0.15, 0.2) is 47.6 Å². The topological polar surface area (TPSA) is 113 Å². The lowest BCUT2D eigenvalue weighted by Gasteiger charge is -2.07. The summed E-state index contributed by atoms with van der Waals surface area (Å²) in [6, 6.07) is 11.8. The monoisotopic (exact) mass is 412 g/mol. The Morgan fingerprint density at radius 3 is 2.60 bits per heavy atom. The molecule has 0 fully saturated rings. The van der Waals surface area contributed by atoms with Crippen LogP contribution in [0.1, 0.15) is 29.8 Å². The lowest BCUT2D eigenvalue weighted by atomic mass is 10.1. The summed E-state index contributed by atoms with van der Waals surface area (Å²) in [6.07, 6.45) is 0. The number of rotatable bonds is 8. The lowest BCUT2D eigenvalue weighted by Crippen LogP contribution is -2.22. The summed E-state index contributed by atoms with van der Waals surface area (Å²) in [6.45, 7) is 2.38. The number of amides is 1. The molecule has 0 radical (unpaired) electrons. The summed E-state index contributed by atoms with van der Waals surface area (Å²) in [4.78, 5) is 40.0. The second-order valence-corrected chi connectivity index (χ2v) is 6.36. The summed E-state index contributed by atoms with van der Waals surface area (Å²) in [7, 11) is 0. The molecule has 0 spiro atoms. The summed E-state index contributed by atoms with van der Waals surface area (Å²) in [5.41, 5.74) is 2.18. The quantitative estimate of drug-likeness (QED) is 0.307. The Morgan fingerprint density at radius 1 is 1.00 bits per heavy atom. The first kappa shape index (κ1) is 20.8. The fourth-order valence-electron chi connectivity index (χ4n) is 2.56. The van der Waals surface area contributed by atoms with E-state index >= 15 is 0 Å². The third kappa shape index (κ3) is 5.57. The molecule has 0 bridgehead atoms. The van der Waals surface area contributed by atoms with E-state index in [9.17, 15) is 14.4 Å². The number of nitrogens with one attached hydrogen (secondary N) is 1. The zero-order chi connectivity index (χ0) is 21.5. The van der Waals surface area contributed by atoms with Crippen LogP contribution in [0.25, 0.3) is 0 Å². The number of nitrogens with zero attached hydrogens (tertiary/aromatic N) is 1. The van der Waals surface area contributed by atoms with Gasteiger partial charge in [-0.15, -0.1) is 0 Å². The number of oxime groups is 1. The van der Waals surface area contributed by atoms with Crippen molar-refractivity contribution >= 4 is 29.1 Å². The van der Waals surface area contributed by atoms with Crippen LogP contribution in [0.2, 0.25) is 0 Å². The summed E-state index contributed by atoms with van der Waals surface area (Å²) < 4.78 is 15.4. The van der Waals surface area contributed by atoms with Gasteiger partial charge in [0, 0.05) is 16.8 Å². The SMILES string of the molecule is CC(=O)c1cccc(NC(=O)COC(=O)CO/N=C(/C)c2ccc3c(c2)OCO3)c1. The van der Waals surface area contributed by atoms with Crippen molar-refractivity contribution in [2.24, 2.45) is 5.16 Å². The van der Waals surface area contributed by atoms with Gasteiger partial charge in [-0.05, 0) is 44.2 Å². The Hall–Kier alpha value is -3.88. The van der Waals surface area contributed by atoms with E-state index in [1.54, 1.807) is 49.4 Å². The minimum atomic E-state index is -0.745. The summed E-state index contributed by atoms with van der Waals surface area (Å²) >= 11 is 0. The molecule has 3 rings (SSSR count). The van der Waals surface area contributed by atoms with Crippen molar-refractivity contribution in [3.8, 4) is 11.5 Å². The maximum absolute atomic E-state index is 11.9. The fraction of sp³-hybridized carbons (Fsp3) is 0.238. The first-order chi connectivity index (χ1) is 14.4. The van der Waals surface area contributed by atoms with Crippen molar-refractivity contribution in [3.05, 3.63) is 53.6 Å². The third-order valence-corrected chi connectivity index (χ3v) is 4.09. The smallest absolute Gasteiger partial charge is 0.347 e. The first-order valence-corrected chi connectivity index (χ1v) is 9.05. The molecule has 1 amide bonds. The molecule has 0 aliphatic carbocycles. The molecule has 9 nitrogen and oxygen atoms in total. The van der Waals surface area contributed by atoms with E-state index in [0.717, 1.165) is 5.56 Å². The molecular formula is C21H20N2O7. The number of carbonyl (C=O) groups excluding carboxylic acids is 3. The highest BCUT2D eigenvalue weighted by atomic mass is 16.7. The number of anilines is 1. The van der Waals surface area contributed by atoms with Gasteiger partial charge in [0.1, 0.15) is 0 Å². The number of Topliss-reactive ketones (excluding diaryl/α,β-unsaturated/α-hetero) is 1. The van der Waals surface area contributed by atoms with Crippen molar-refractivity contribution in [1.29, 1.82) is 0 Å². The van der Waals surface area contributed by atoms with Gasteiger partial charge in [-0.25, -0.2) is 4.79 Å². The average Bonchev–Trinajstić information content (AvgIpc) is 3.20. The summed E-state index contributed by atoms with van der Waals surface area (Å²) in [5.74, 6) is -0.135. The van der Waals surface area contributed by atoms with Crippen molar-refractivity contribution in [2.45, 2.75) is 13.8 Å². The van der Waals surface area contributed by atoms with Gasteiger partial charge in [-0.2, -0.15) is 0 Å². The fourth-order valence-corrected chi connectivity index (χ4v) is 2.56. The van der Waals surface area contributed by atoms with Crippen LogP contribution in [0.5, 0.6) is 11.5 Å². The van der Waals surface area contributed by atoms with Crippen molar-refractivity contribution < 1.29 is 33.4 Å². The third-order valence-electron chi connectivity index (χ3n) is 4.09. The number of hydrogen-bond acceptors (Lipinski definition) is 8. The molecule has 2 aromatic carbocycles. The molecule has 9 heteroatoms. The molecule has 1 aliphatic rings. The largest absolute Gasteiger partial charge is 0.454 e. The molecule has 0 unspecified atom stereocenters. The Morgan fingerprint density at radius 2 is 1.80 bits per heavy atom. The van der Waals surface area contributed by atoms with E-state index in [4.69, 9.17) is 19.0 Å². The predicted octanol–water partition coefficient (Wildman–Crippen LogP) is 2.54. The van der Waals surface area contributed by atoms with Gasteiger partial charge < -0.3 is 24.4 Å². The van der Waals surface area contributed by atoms with E-state index < -0.39 is 25.1 Å². The highest BCUT2D eigenvalue weighted by Crippen LogP contribution is 2.32. The molecule has 0 atom stereocenters. The van der Waals surface area contributed by atoms with E-state index in [0.29, 0.717) is 28.5 Å². The van der Waals surface area contributed by atoms with Crippen molar-refractivity contribution in [2.75, 3.05) is 25.3 Å². The van der Waals surface area contributed by atoms with E-state index in [-0.39, 0.29) is 12.6 Å². The zero-order valence-electron chi connectivity index (χ0n) is 16.5. The van der Waals surface area contributed by atoms with E-state index in [2.05, 4.69) is 10.5 Å². The first-order valence-electron chi connectivity index (χ1n) is 9.05. The van der Waals surface area contributed by atoms with Crippen LogP contribution in [0.4, 0.5) is 5.69 Å². The number of ether oxygens (including phenoxy) is 3. The van der Waals surface area contributed by atoms with Crippen molar-refractivity contribution in [1.82, 2.24) is 0 Å². The number of esters is 1. The minimum absolute atomic E-state index is 0.119. The number of ketones is 1. The molecule has 1 aliphatic heterocycles. The average molecular weight is 412 g/mol. The van der Waals surface area contributed by atoms with E-state index in [1.807, 2.05) is 0 Å². The Labute approximate surface area is 172 Å². The van der Waals surface area contributed by atoms with Gasteiger partial charge in [-0.3, -0.25) is 9.59 Å². The molecular weight excluding hydrogens is 392 g/mol. The van der Waals surface area contributed by atoms with Gasteiger partial charge in [0.15, 0.2) is 23.9 Å². The molecule has 0 saturated heterocycles. The van der Waals surface area contributed by atoms with Crippen LogP contribution >= 0.6 is 0 Å². The normalized spacial score (nSPS) is 12.3. The Balaban J connectivity index is 1.42. The van der Waals surface area contributed by atoms with Gasteiger partial charge in [0.2, 0.25) is 13.4 Å². The van der Waals surface area contributed by atoms with Crippen LogP contribution in [0.3, 0.4) is 0 Å². The maximum atomic E-state index is 11.9. The molecule has 0 saturated carbocycles. The van der Waals surface area contributed by atoms with Crippen LogP contribution in [-0.4, -0.2) is 43.4 Å². The van der Waals surface area contributed by atoms with Gasteiger partial charge in [0.05, 0.1) is 5.71 Å². The standard InChI is InChI=1S/C21H20N2O7/c1-13(15-6-7-18-19(9-15)29-12-28-18)23-30-11-21(26)27-10-20(25)22-17-5-3-4-16(8-17)14(2)24/h3-9H,10-12H2,1-2H3,(H,22,25)/b23-13-. The minimum Gasteiger partial charge on any atom is -0.454 e. The summed E-state index contributed by atoms with van der Waals surface area (Å²) in [5, 5.41) is 6.42. The number of carbonyl (C=O) groups is 3. The predicted molar refractivity (Wildman–Crippen MR) is 107 cm³/mol. The van der Waals surface area contributed by atoms with Crippen LogP contribution in [-0.2, 0) is 19.2 Å². The Kier molecular flexibility index (Phi) is 6.63. The number of benzene rings is 2. The molecule has 0 aromatic heterocycles. The highest BCUT2D eigenvalue weighted by molar-refractivity contribution is 5.99. The van der Waals surface area contributed by atoms with Crippen LogP contribution < -0.4 is 14.8 Å². The second kappa shape index (κ2) is 9.55. The number of hydrogen-bond donors (Lipinski definition) is 1. The number of fused-ring (bicyclic) bond motifs is 1. The van der Waals surface area contributed by atoms with Crippen molar-refractivity contribution in [3.63, 3.8) is 0 Å². The molecule has 2 aromatic rings. The molecule has 156 valence electrons. The lowest BCUT2D eigenvalue weighted by molar-refractivity contribution is -0.151.